The second kappa shape index (κ2) is 12.2. The van der Waals surface area contributed by atoms with E-state index in [4.69, 9.17) is 39.4 Å². The average molecular weight is 491 g/mol. The van der Waals surface area contributed by atoms with E-state index in [1.165, 1.54) is 0 Å². The van der Waals surface area contributed by atoms with E-state index in [1.54, 1.807) is 36.7 Å². The molecule has 0 aliphatic heterocycles. The number of nitrogens with zero attached hydrogens (tertiary/aromatic N) is 3. The predicted molar refractivity (Wildman–Crippen MR) is 128 cm³/mol. The van der Waals surface area contributed by atoms with Crippen molar-refractivity contribution in [3.63, 3.8) is 0 Å². The van der Waals surface area contributed by atoms with Crippen LogP contribution in [-0.4, -0.2) is 40.3 Å². The number of aromatic nitrogens is 3. The molecule has 0 saturated heterocycles. The lowest BCUT2D eigenvalue weighted by atomic mass is 10.3. The number of nitrogens with two attached hydrogens (primary N) is 2. The zero-order valence-electron chi connectivity index (χ0n) is 17.6. The molecule has 0 bridgehead atoms. The van der Waals surface area contributed by atoms with Gasteiger partial charge in [0.1, 0.15) is 12.0 Å². The SMILES string of the molecule is Nc1nc(NCc2cccnc2)c(Cl)nc1C(=O)NC(N)NCCCOc1ccc(Cl)cc1. The van der Waals surface area contributed by atoms with Crippen molar-refractivity contribution < 1.29 is 9.53 Å². The smallest absolute Gasteiger partial charge is 0.276 e. The molecule has 0 saturated carbocycles. The summed E-state index contributed by atoms with van der Waals surface area (Å²) < 4.78 is 5.60. The summed E-state index contributed by atoms with van der Waals surface area (Å²) in [7, 11) is 0. The molecule has 1 aromatic carbocycles. The Morgan fingerprint density at radius 1 is 1.15 bits per heavy atom. The van der Waals surface area contributed by atoms with Gasteiger partial charge in [0.15, 0.2) is 22.5 Å². The second-order valence-electron chi connectivity index (χ2n) is 6.87. The zero-order valence-corrected chi connectivity index (χ0v) is 19.1. The molecule has 174 valence electrons. The monoisotopic (exact) mass is 490 g/mol. The van der Waals surface area contributed by atoms with Crippen molar-refractivity contribution >= 4 is 40.7 Å². The minimum absolute atomic E-state index is 0.0131. The number of amides is 1. The predicted octanol–water partition coefficient (Wildman–Crippen LogP) is 2.40. The molecule has 0 spiro atoms. The van der Waals surface area contributed by atoms with Crippen molar-refractivity contribution in [2.75, 3.05) is 24.2 Å². The molecule has 1 unspecified atom stereocenters. The first-order chi connectivity index (χ1) is 15.9. The van der Waals surface area contributed by atoms with Crippen molar-refractivity contribution in [1.82, 2.24) is 25.6 Å². The standard InChI is InChI=1S/C21H24Cl2N8O2/c22-14-4-6-15(7-5-14)33-10-2-9-27-21(25)31-20(32)16-18(24)30-19(17(23)29-16)28-12-13-3-1-8-26-11-13/h1,3-8,11,21,27H,2,9-10,12,25H2,(H,31,32)(H3,24,28,30). The van der Waals surface area contributed by atoms with Crippen LogP contribution in [0.1, 0.15) is 22.5 Å². The van der Waals surface area contributed by atoms with Gasteiger partial charge in [-0.1, -0.05) is 29.3 Å². The number of carbonyl (C=O) groups is 1. The molecule has 33 heavy (non-hydrogen) atoms. The molecule has 2 heterocycles. The van der Waals surface area contributed by atoms with Crippen molar-refractivity contribution in [2.24, 2.45) is 5.73 Å². The van der Waals surface area contributed by atoms with Crippen molar-refractivity contribution in [3.8, 4) is 5.75 Å². The van der Waals surface area contributed by atoms with Crippen LogP contribution in [0.25, 0.3) is 0 Å². The Labute approximate surface area is 201 Å². The van der Waals surface area contributed by atoms with Gasteiger partial charge < -0.3 is 21.1 Å². The Bertz CT molecular complexity index is 1050. The third-order valence-corrected chi connectivity index (χ3v) is 4.85. The lowest BCUT2D eigenvalue weighted by molar-refractivity contribution is 0.0926. The fourth-order valence-corrected chi connectivity index (χ4v) is 3.03. The van der Waals surface area contributed by atoms with Crippen LogP contribution in [0.4, 0.5) is 11.6 Å². The number of anilines is 2. The molecule has 2 aromatic heterocycles. The second-order valence-corrected chi connectivity index (χ2v) is 7.67. The molecule has 3 rings (SSSR count). The zero-order chi connectivity index (χ0) is 23.6. The fraction of sp³-hybridized carbons (Fsp3) is 0.238. The number of halogens is 2. The third kappa shape index (κ3) is 7.72. The largest absolute Gasteiger partial charge is 0.494 e. The minimum Gasteiger partial charge on any atom is -0.494 e. The van der Waals surface area contributed by atoms with Gasteiger partial charge in [0, 0.05) is 30.5 Å². The maximum atomic E-state index is 12.5. The molecular formula is C21H24Cl2N8O2. The molecule has 0 fully saturated rings. The lowest BCUT2D eigenvalue weighted by Crippen LogP contribution is -2.52. The maximum absolute atomic E-state index is 12.5. The Balaban J connectivity index is 1.43. The molecule has 0 radical (unpaired) electrons. The highest BCUT2D eigenvalue weighted by Crippen LogP contribution is 2.21. The van der Waals surface area contributed by atoms with Crippen LogP contribution in [0.5, 0.6) is 5.75 Å². The first-order valence-electron chi connectivity index (χ1n) is 10.1. The van der Waals surface area contributed by atoms with Gasteiger partial charge in [-0.15, -0.1) is 0 Å². The van der Waals surface area contributed by atoms with Gasteiger partial charge in [-0.2, -0.15) is 0 Å². The number of benzene rings is 1. The number of nitrogen functional groups attached to an aromatic ring is 1. The van der Waals surface area contributed by atoms with Crippen LogP contribution in [0, 0.1) is 0 Å². The van der Waals surface area contributed by atoms with Gasteiger partial charge in [0.25, 0.3) is 5.91 Å². The molecule has 1 atom stereocenters. The summed E-state index contributed by atoms with van der Waals surface area (Å²) >= 11 is 12.0. The van der Waals surface area contributed by atoms with E-state index in [0.717, 1.165) is 11.3 Å². The lowest BCUT2D eigenvalue weighted by Gasteiger charge is -2.16. The normalized spacial score (nSPS) is 11.6. The molecule has 1 amide bonds. The van der Waals surface area contributed by atoms with E-state index in [9.17, 15) is 4.79 Å². The summed E-state index contributed by atoms with van der Waals surface area (Å²) in [4.78, 5) is 24.7. The van der Waals surface area contributed by atoms with Gasteiger partial charge >= 0.3 is 0 Å². The number of ether oxygens (including phenoxy) is 1. The van der Waals surface area contributed by atoms with Gasteiger partial charge in [0.05, 0.1) is 6.61 Å². The van der Waals surface area contributed by atoms with E-state index in [2.05, 4.69) is 30.9 Å². The highest BCUT2D eigenvalue weighted by atomic mass is 35.5. The van der Waals surface area contributed by atoms with Crippen LogP contribution in [0.2, 0.25) is 10.2 Å². The van der Waals surface area contributed by atoms with Gasteiger partial charge in [0.2, 0.25) is 0 Å². The van der Waals surface area contributed by atoms with Gasteiger partial charge in [-0.3, -0.25) is 20.8 Å². The van der Waals surface area contributed by atoms with Crippen molar-refractivity contribution in [2.45, 2.75) is 19.3 Å². The van der Waals surface area contributed by atoms with E-state index < -0.39 is 12.2 Å². The molecule has 0 aliphatic rings. The number of nitrogens with one attached hydrogen (secondary N) is 3. The summed E-state index contributed by atoms with van der Waals surface area (Å²) in [6, 6.07) is 10.8. The van der Waals surface area contributed by atoms with Crippen LogP contribution in [-0.2, 0) is 6.54 Å². The Morgan fingerprint density at radius 3 is 2.67 bits per heavy atom. The molecule has 12 heteroatoms. The molecule has 3 aromatic rings. The van der Waals surface area contributed by atoms with Crippen LogP contribution < -0.4 is 32.2 Å². The van der Waals surface area contributed by atoms with E-state index in [0.29, 0.717) is 31.1 Å². The number of hydrogen-bond donors (Lipinski definition) is 5. The van der Waals surface area contributed by atoms with Gasteiger partial charge in [-0.05, 0) is 42.3 Å². The van der Waals surface area contributed by atoms with Crippen LogP contribution in [0.3, 0.4) is 0 Å². The molecule has 10 nitrogen and oxygen atoms in total. The number of hydrogen-bond acceptors (Lipinski definition) is 9. The minimum atomic E-state index is -0.823. The molecule has 7 N–H and O–H groups in total. The van der Waals surface area contributed by atoms with E-state index in [-0.39, 0.29) is 22.5 Å². The Morgan fingerprint density at radius 2 is 1.94 bits per heavy atom. The van der Waals surface area contributed by atoms with Crippen LogP contribution in [0.15, 0.2) is 48.8 Å². The molecule has 0 aliphatic carbocycles. The number of rotatable bonds is 11. The first-order valence-corrected chi connectivity index (χ1v) is 10.8. The summed E-state index contributed by atoms with van der Waals surface area (Å²) in [5, 5.41) is 9.20. The topological polar surface area (TPSA) is 153 Å². The fourth-order valence-electron chi connectivity index (χ4n) is 2.71. The summed E-state index contributed by atoms with van der Waals surface area (Å²) in [5.74, 6) is 0.311. The van der Waals surface area contributed by atoms with E-state index >= 15 is 0 Å². The highest BCUT2D eigenvalue weighted by molar-refractivity contribution is 6.32. The van der Waals surface area contributed by atoms with Crippen LogP contribution >= 0.6 is 23.2 Å². The summed E-state index contributed by atoms with van der Waals surface area (Å²) in [6.07, 6.45) is 3.22. The Hall–Kier alpha value is -3.18. The van der Waals surface area contributed by atoms with Crippen molar-refractivity contribution in [3.05, 3.63) is 70.2 Å². The molecular weight excluding hydrogens is 467 g/mol. The quantitative estimate of drug-likeness (QED) is 0.201. The first kappa shape index (κ1) is 24.5. The highest BCUT2D eigenvalue weighted by Gasteiger charge is 2.18. The summed E-state index contributed by atoms with van der Waals surface area (Å²) in [6.45, 7) is 1.40. The van der Waals surface area contributed by atoms with E-state index in [1.807, 2.05) is 12.1 Å². The average Bonchev–Trinajstić information content (AvgIpc) is 2.81. The maximum Gasteiger partial charge on any atom is 0.276 e. The summed E-state index contributed by atoms with van der Waals surface area (Å²) in [5.41, 5.74) is 12.6. The number of pyridine rings is 1. The van der Waals surface area contributed by atoms with Crippen molar-refractivity contribution in [1.29, 1.82) is 0 Å². The number of carbonyl (C=O) groups excluding carboxylic acids is 1. The third-order valence-electron chi connectivity index (χ3n) is 4.33. The van der Waals surface area contributed by atoms with Gasteiger partial charge in [-0.25, -0.2) is 9.97 Å². The Kier molecular flexibility index (Phi) is 9.02.